The molecule has 1 amide bonds. The second-order valence-electron chi connectivity index (χ2n) is 5.72. The molecule has 2 N–H and O–H groups in total. The van der Waals surface area contributed by atoms with E-state index in [4.69, 9.17) is 4.74 Å². The number of ether oxygens (including phenoxy) is 1. The predicted octanol–water partition coefficient (Wildman–Crippen LogP) is 1.03. The van der Waals surface area contributed by atoms with Gasteiger partial charge in [-0.2, -0.15) is 0 Å². The highest BCUT2D eigenvalue weighted by atomic mass is 16.5. The van der Waals surface area contributed by atoms with E-state index in [2.05, 4.69) is 25.7 Å². The topological polar surface area (TPSA) is 132 Å². The molecule has 144 valence electrons. The average Bonchev–Trinajstić information content (AvgIpc) is 3.19. The maximum absolute atomic E-state index is 12.2. The molecule has 2 aromatic heterocycles. The molecule has 0 saturated heterocycles. The third-order valence-electron chi connectivity index (χ3n) is 3.86. The van der Waals surface area contributed by atoms with Crippen molar-refractivity contribution in [1.29, 1.82) is 0 Å². The lowest BCUT2D eigenvalue weighted by molar-refractivity contribution is -0.141. The number of tetrazole rings is 1. The first kappa shape index (κ1) is 19.0. The molecule has 28 heavy (non-hydrogen) atoms. The third kappa shape index (κ3) is 3.95. The van der Waals surface area contributed by atoms with Crippen LogP contribution in [0.3, 0.4) is 0 Å². The maximum Gasteiger partial charge on any atom is 0.325 e. The van der Waals surface area contributed by atoms with Crippen LogP contribution in [0.2, 0.25) is 0 Å². The molecule has 10 nitrogen and oxygen atoms in total. The number of esters is 1. The molecule has 3 rings (SSSR count). The molecule has 2 heterocycles. The number of hydrogen-bond acceptors (Lipinski definition) is 8. The zero-order chi connectivity index (χ0) is 20.1. The lowest BCUT2D eigenvalue weighted by Gasteiger charge is -2.09. The minimum absolute atomic E-state index is 0.207. The van der Waals surface area contributed by atoms with E-state index in [0.717, 1.165) is 5.69 Å². The second-order valence-corrected chi connectivity index (χ2v) is 5.72. The first-order valence-corrected chi connectivity index (χ1v) is 8.49. The van der Waals surface area contributed by atoms with Gasteiger partial charge < -0.3 is 15.2 Å². The average molecular weight is 382 g/mol. The van der Waals surface area contributed by atoms with Crippen LogP contribution < -0.4 is 5.32 Å². The SMILES string of the molecule is CCOC(=O)CNC(=O)c1ncc(-c2nnn(-c3ccccc3)n2)c(C)c1O. The summed E-state index contributed by atoms with van der Waals surface area (Å²) in [4.78, 5) is 28.9. The summed E-state index contributed by atoms with van der Waals surface area (Å²) in [6, 6.07) is 9.22. The molecule has 0 atom stereocenters. The van der Waals surface area contributed by atoms with Gasteiger partial charge in [-0.25, -0.2) is 4.98 Å². The van der Waals surface area contributed by atoms with Gasteiger partial charge in [0.05, 0.1) is 12.3 Å². The number of benzene rings is 1. The second kappa shape index (κ2) is 8.25. The molecule has 0 aliphatic carbocycles. The number of aromatic hydroxyl groups is 1. The van der Waals surface area contributed by atoms with Crippen LogP contribution in [0, 0.1) is 6.92 Å². The van der Waals surface area contributed by atoms with Crippen LogP contribution in [0.1, 0.15) is 23.0 Å². The largest absolute Gasteiger partial charge is 0.505 e. The van der Waals surface area contributed by atoms with Crippen molar-refractivity contribution in [2.75, 3.05) is 13.2 Å². The molecular weight excluding hydrogens is 364 g/mol. The van der Waals surface area contributed by atoms with Gasteiger partial charge in [-0.15, -0.1) is 15.0 Å². The van der Waals surface area contributed by atoms with Crippen LogP contribution in [0.15, 0.2) is 36.5 Å². The Hall–Kier alpha value is -3.82. The van der Waals surface area contributed by atoms with Crippen molar-refractivity contribution in [3.63, 3.8) is 0 Å². The first-order chi connectivity index (χ1) is 13.5. The monoisotopic (exact) mass is 382 g/mol. The minimum Gasteiger partial charge on any atom is -0.505 e. The molecule has 0 unspecified atom stereocenters. The Bertz CT molecular complexity index is 1000. The standard InChI is InChI=1S/C18H18N6O4/c1-3-28-14(25)10-20-18(27)15-16(26)11(2)13(9-19-15)17-21-23-24(22-17)12-7-5-4-6-8-12/h4-9,26H,3,10H2,1-2H3,(H,20,27). The first-order valence-electron chi connectivity index (χ1n) is 8.49. The van der Waals surface area contributed by atoms with Crippen LogP contribution in [0.5, 0.6) is 5.75 Å². The fraction of sp³-hybridized carbons (Fsp3) is 0.222. The molecule has 0 fully saturated rings. The van der Waals surface area contributed by atoms with Crippen molar-refractivity contribution in [3.8, 4) is 22.8 Å². The van der Waals surface area contributed by atoms with Crippen LogP contribution in [-0.2, 0) is 9.53 Å². The smallest absolute Gasteiger partial charge is 0.325 e. The van der Waals surface area contributed by atoms with E-state index in [9.17, 15) is 14.7 Å². The van der Waals surface area contributed by atoms with Gasteiger partial charge in [0.2, 0.25) is 5.82 Å². The number of hydrogen-bond donors (Lipinski definition) is 2. The van der Waals surface area contributed by atoms with Gasteiger partial charge in [0, 0.05) is 17.3 Å². The number of carbonyl (C=O) groups is 2. The molecule has 10 heteroatoms. The molecule has 0 bridgehead atoms. The number of nitrogens with zero attached hydrogens (tertiary/aromatic N) is 5. The Morgan fingerprint density at radius 1 is 1.25 bits per heavy atom. The zero-order valence-electron chi connectivity index (χ0n) is 15.3. The van der Waals surface area contributed by atoms with E-state index < -0.39 is 11.9 Å². The summed E-state index contributed by atoms with van der Waals surface area (Å²) < 4.78 is 4.74. The van der Waals surface area contributed by atoms with E-state index in [-0.39, 0.29) is 30.4 Å². The summed E-state index contributed by atoms with van der Waals surface area (Å²) in [5.41, 5.74) is 1.32. The molecule has 1 aromatic carbocycles. The van der Waals surface area contributed by atoms with Crippen molar-refractivity contribution in [2.45, 2.75) is 13.8 Å². The van der Waals surface area contributed by atoms with Crippen LogP contribution in [0.25, 0.3) is 17.1 Å². The summed E-state index contributed by atoms with van der Waals surface area (Å²) in [5, 5.41) is 25.0. The Balaban J connectivity index is 1.82. The maximum atomic E-state index is 12.2. The molecular formula is C18H18N6O4. The summed E-state index contributed by atoms with van der Waals surface area (Å²) in [5.74, 6) is -1.34. The molecule has 0 aliphatic rings. The van der Waals surface area contributed by atoms with Crippen molar-refractivity contribution in [2.24, 2.45) is 0 Å². The quantitative estimate of drug-likeness (QED) is 0.604. The molecule has 0 spiro atoms. The summed E-state index contributed by atoms with van der Waals surface area (Å²) >= 11 is 0. The highest BCUT2D eigenvalue weighted by Gasteiger charge is 2.20. The summed E-state index contributed by atoms with van der Waals surface area (Å²) in [6.07, 6.45) is 1.38. The number of rotatable bonds is 6. The van der Waals surface area contributed by atoms with E-state index >= 15 is 0 Å². The summed E-state index contributed by atoms with van der Waals surface area (Å²) in [6.45, 7) is 3.17. The van der Waals surface area contributed by atoms with E-state index in [1.165, 1.54) is 11.0 Å². The number of amides is 1. The fourth-order valence-electron chi connectivity index (χ4n) is 2.42. The molecule has 0 radical (unpaired) electrons. The van der Waals surface area contributed by atoms with Gasteiger partial charge in [0.1, 0.15) is 6.54 Å². The summed E-state index contributed by atoms with van der Waals surface area (Å²) in [7, 11) is 0. The predicted molar refractivity (Wildman–Crippen MR) is 97.8 cm³/mol. The van der Waals surface area contributed by atoms with Gasteiger partial charge in [-0.3, -0.25) is 9.59 Å². The van der Waals surface area contributed by atoms with Crippen LogP contribution in [0.4, 0.5) is 0 Å². The number of para-hydroxylation sites is 1. The Morgan fingerprint density at radius 2 is 2.00 bits per heavy atom. The fourth-order valence-corrected chi connectivity index (χ4v) is 2.42. The lowest BCUT2D eigenvalue weighted by Crippen LogP contribution is -2.31. The Kier molecular flexibility index (Phi) is 5.58. The normalized spacial score (nSPS) is 10.5. The number of pyridine rings is 1. The van der Waals surface area contributed by atoms with Crippen LogP contribution in [-0.4, -0.2) is 55.3 Å². The lowest BCUT2D eigenvalue weighted by atomic mass is 10.1. The zero-order valence-corrected chi connectivity index (χ0v) is 15.3. The molecule has 3 aromatic rings. The van der Waals surface area contributed by atoms with Gasteiger partial charge in [0.25, 0.3) is 5.91 Å². The van der Waals surface area contributed by atoms with E-state index in [1.807, 2.05) is 30.3 Å². The Morgan fingerprint density at radius 3 is 2.71 bits per heavy atom. The minimum atomic E-state index is -0.693. The van der Waals surface area contributed by atoms with Gasteiger partial charge in [-0.1, -0.05) is 18.2 Å². The van der Waals surface area contributed by atoms with Gasteiger partial charge in [-0.05, 0) is 31.2 Å². The third-order valence-corrected chi connectivity index (χ3v) is 3.86. The van der Waals surface area contributed by atoms with Crippen LogP contribution >= 0.6 is 0 Å². The van der Waals surface area contributed by atoms with E-state index in [1.54, 1.807) is 13.8 Å². The molecule has 0 aliphatic heterocycles. The number of nitrogens with one attached hydrogen (secondary N) is 1. The van der Waals surface area contributed by atoms with Crippen molar-refractivity contribution >= 4 is 11.9 Å². The highest BCUT2D eigenvalue weighted by molar-refractivity contribution is 5.97. The number of aromatic nitrogens is 5. The molecule has 0 saturated carbocycles. The van der Waals surface area contributed by atoms with Crippen molar-refractivity contribution in [1.82, 2.24) is 30.5 Å². The Labute approximate surface area is 160 Å². The van der Waals surface area contributed by atoms with E-state index in [0.29, 0.717) is 11.1 Å². The highest BCUT2D eigenvalue weighted by Crippen LogP contribution is 2.28. The number of carbonyl (C=O) groups excluding carboxylic acids is 2. The van der Waals surface area contributed by atoms with Gasteiger partial charge >= 0.3 is 5.97 Å². The van der Waals surface area contributed by atoms with Crippen molar-refractivity contribution in [3.05, 3.63) is 47.8 Å². The van der Waals surface area contributed by atoms with Gasteiger partial charge in [0.15, 0.2) is 11.4 Å². The van der Waals surface area contributed by atoms with Crippen molar-refractivity contribution < 1.29 is 19.4 Å².